The molecule has 0 atom stereocenters. The quantitative estimate of drug-likeness (QED) is 0.471. The maximum Gasteiger partial charge on any atom is 0.407 e. The van der Waals surface area contributed by atoms with Gasteiger partial charge in [-0.1, -0.05) is 62.4 Å². The first-order valence-corrected chi connectivity index (χ1v) is 11.9. The van der Waals surface area contributed by atoms with Crippen molar-refractivity contribution in [2.24, 2.45) is 10.8 Å². The molecule has 0 bridgehead atoms. The fourth-order valence-corrected chi connectivity index (χ4v) is 4.27. The van der Waals surface area contributed by atoms with E-state index in [2.05, 4.69) is 34.9 Å². The molecule has 0 saturated carbocycles. The van der Waals surface area contributed by atoms with Crippen LogP contribution >= 0.6 is 0 Å². The van der Waals surface area contributed by atoms with Gasteiger partial charge >= 0.3 is 12.1 Å². The van der Waals surface area contributed by atoms with Gasteiger partial charge in [-0.05, 0) is 55.4 Å². The number of alkyl carbamates (subject to hydrolysis) is 1. The van der Waals surface area contributed by atoms with E-state index >= 15 is 0 Å². The van der Waals surface area contributed by atoms with E-state index in [-0.39, 0.29) is 31.4 Å². The van der Waals surface area contributed by atoms with Crippen LogP contribution in [0.25, 0.3) is 11.1 Å². The molecule has 0 fully saturated rings. The molecule has 7 nitrogen and oxygen atoms in total. The highest BCUT2D eigenvalue weighted by molar-refractivity contribution is 5.81. The Labute approximate surface area is 207 Å². The molecule has 0 saturated heterocycles. The molecule has 2 amide bonds. The van der Waals surface area contributed by atoms with Gasteiger partial charge in [0.05, 0.1) is 5.41 Å². The Morgan fingerprint density at radius 2 is 1.40 bits per heavy atom. The zero-order valence-electron chi connectivity index (χ0n) is 21.4. The van der Waals surface area contributed by atoms with Crippen LogP contribution in [0.1, 0.15) is 65.0 Å². The first-order chi connectivity index (χ1) is 16.2. The summed E-state index contributed by atoms with van der Waals surface area (Å²) in [7, 11) is 0. The van der Waals surface area contributed by atoms with Gasteiger partial charge in [0, 0.05) is 24.4 Å². The number of carbonyl (C=O) groups is 3. The van der Waals surface area contributed by atoms with E-state index in [0.717, 1.165) is 11.1 Å². The number of carboxylic acid groups (broad SMARTS) is 1. The maximum absolute atomic E-state index is 12.7. The number of ether oxygens (including phenoxy) is 1. The van der Waals surface area contributed by atoms with Crippen LogP contribution in [0.5, 0.6) is 0 Å². The SMILES string of the molecule is CC(C)(CNC(=O)OCC1c2ccccc2-c2ccccc21)CC(=O)NC(C)(C)C(C)(C)C(=O)O. The van der Waals surface area contributed by atoms with Crippen LogP contribution in [0, 0.1) is 10.8 Å². The minimum Gasteiger partial charge on any atom is -0.481 e. The van der Waals surface area contributed by atoms with Gasteiger partial charge in [-0.15, -0.1) is 0 Å². The summed E-state index contributed by atoms with van der Waals surface area (Å²) in [5.74, 6) is -1.28. The average Bonchev–Trinajstić information content (AvgIpc) is 3.09. The van der Waals surface area contributed by atoms with Crippen molar-refractivity contribution in [3.63, 3.8) is 0 Å². The fourth-order valence-electron chi connectivity index (χ4n) is 4.27. The van der Waals surface area contributed by atoms with Crippen molar-refractivity contribution in [2.75, 3.05) is 13.2 Å². The number of amides is 2. The molecule has 0 spiro atoms. The van der Waals surface area contributed by atoms with Crippen molar-refractivity contribution in [3.8, 4) is 11.1 Å². The minimum absolute atomic E-state index is 0.0215. The van der Waals surface area contributed by atoms with Gasteiger partial charge in [-0.25, -0.2) is 4.79 Å². The third-order valence-electron chi connectivity index (χ3n) is 7.24. The molecule has 0 aliphatic heterocycles. The molecule has 0 unspecified atom stereocenters. The van der Waals surface area contributed by atoms with E-state index < -0.39 is 28.4 Å². The number of nitrogens with one attached hydrogen (secondary N) is 2. The molecular formula is C28H36N2O5. The van der Waals surface area contributed by atoms with Crippen LogP contribution in [0.3, 0.4) is 0 Å². The summed E-state index contributed by atoms with van der Waals surface area (Å²) in [6, 6.07) is 16.3. The monoisotopic (exact) mass is 480 g/mol. The van der Waals surface area contributed by atoms with E-state index in [4.69, 9.17) is 4.74 Å². The number of rotatable bonds is 9. The van der Waals surface area contributed by atoms with Gasteiger partial charge in [0.1, 0.15) is 6.61 Å². The minimum atomic E-state index is -1.15. The van der Waals surface area contributed by atoms with E-state index in [9.17, 15) is 19.5 Å². The number of hydrogen-bond donors (Lipinski definition) is 3. The zero-order chi connectivity index (χ0) is 26.0. The number of benzene rings is 2. The Bertz CT molecular complexity index is 1070. The third kappa shape index (κ3) is 5.66. The zero-order valence-corrected chi connectivity index (χ0v) is 21.4. The Kier molecular flexibility index (Phi) is 7.29. The van der Waals surface area contributed by atoms with E-state index in [0.29, 0.717) is 0 Å². The molecule has 188 valence electrons. The Morgan fingerprint density at radius 1 is 0.886 bits per heavy atom. The summed E-state index contributed by atoms with van der Waals surface area (Å²) in [5.41, 5.74) is 1.96. The normalized spacial score (nSPS) is 13.5. The number of carboxylic acids is 1. The number of carbonyl (C=O) groups excluding carboxylic acids is 2. The van der Waals surface area contributed by atoms with Crippen LogP contribution in [-0.4, -0.2) is 41.8 Å². The molecule has 0 radical (unpaired) electrons. The predicted molar refractivity (Wildman–Crippen MR) is 135 cm³/mol. The molecule has 2 aromatic rings. The number of hydrogen-bond acceptors (Lipinski definition) is 4. The lowest BCUT2D eigenvalue weighted by atomic mass is 9.74. The molecule has 3 N–H and O–H groups in total. The highest BCUT2D eigenvalue weighted by Crippen LogP contribution is 2.44. The van der Waals surface area contributed by atoms with Crippen LogP contribution in [0.4, 0.5) is 4.79 Å². The maximum atomic E-state index is 12.7. The second-order valence-electron chi connectivity index (χ2n) is 11.1. The lowest BCUT2D eigenvalue weighted by molar-refractivity contribution is -0.151. The Hall–Kier alpha value is -3.35. The molecular weight excluding hydrogens is 444 g/mol. The van der Waals surface area contributed by atoms with Crippen molar-refractivity contribution in [1.82, 2.24) is 10.6 Å². The van der Waals surface area contributed by atoms with Gasteiger partial charge in [0.2, 0.25) is 5.91 Å². The summed E-state index contributed by atoms with van der Waals surface area (Å²) >= 11 is 0. The summed E-state index contributed by atoms with van der Waals surface area (Å²) in [4.78, 5) is 36.8. The molecule has 1 aliphatic carbocycles. The van der Waals surface area contributed by atoms with E-state index in [1.54, 1.807) is 27.7 Å². The fraction of sp³-hybridized carbons (Fsp3) is 0.464. The van der Waals surface area contributed by atoms with E-state index in [1.165, 1.54) is 11.1 Å². The van der Waals surface area contributed by atoms with Gasteiger partial charge in [-0.2, -0.15) is 0 Å². The topological polar surface area (TPSA) is 105 Å². The summed E-state index contributed by atoms with van der Waals surface area (Å²) in [6.07, 6.45) is -0.414. The second-order valence-corrected chi connectivity index (χ2v) is 11.1. The first kappa shape index (κ1) is 26.3. The van der Waals surface area contributed by atoms with Crippen molar-refractivity contribution in [1.29, 1.82) is 0 Å². The van der Waals surface area contributed by atoms with Crippen molar-refractivity contribution >= 4 is 18.0 Å². The highest BCUT2D eigenvalue weighted by Gasteiger charge is 2.44. The largest absolute Gasteiger partial charge is 0.481 e. The summed E-state index contributed by atoms with van der Waals surface area (Å²) < 4.78 is 5.58. The van der Waals surface area contributed by atoms with E-state index in [1.807, 2.05) is 38.1 Å². The van der Waals surface area contributed by atoms with Crippen LogP contribution in [0.15, 0.2) is 48.5 Å². The van der Waals surface area contributed by atoms with Gasteiger partial charge < -0.3 is 20.5 Å². The smallest absolute Gasteiger partial charge is 0.407 e. The molecule has 7 heteroatoms. The number of aliphatic carboxylic acids is 1. The molecule has 35 heavy (non-hydrogen) atoms. The average molecular weight is 481 g/mol. The lowest BCUT2D eigenvalue weighted by Crippen LogP contribution is -2.57. The summed E-state index contributed by atoms with van der Waals surface area (Å²) in [5, 5.41) is 15.1. The Morgan fingerprint density at radius 3 is 1.91 bits per heavy atom. The Balaban J connectivity index is 1.53. The molecule has 0 aromatic heterocycles. The van der Waals surface area contributed by atoms with Gasteiger partial charge in [0.15, 0.2) is 0 Å². The predicted octanol–water partition coefficient (Wildman–Crippen LogP) is 4.95. The molecule has 0 heterocycles. The summed E-state index contributed by atoms with van der Waals surface area (Å²) in [6.45, 7) is 10.7. The van der Waals surface area contributed by atoms with Crippen LogP contribution in [-0.2, 0) is 14.3 Å². The van der Waals surface area contributed by atoms with Crippen LogP contribution < -0.4 is 10.6 Å². The van der Waals surface area contributed by atoms with Crippen molar-refractivity contribution in [2.45, 2.75) is 59.4 Å². The number of fused-ring (bicyclic) bond motifs is 3. The molecule has 2 aromatic carbocycles. The molecule has 3 rings (SSSR count). The third-order valence-corrected chi connectivity index (χ3v) is 7.24. The van der Waals surface area contributed by atoms with Crippen molar-refractivity contribution < 1.29 is 24.2 Å². The standard InChI is InChI=1S/C28H36N2O5/c1-26(2,15-23(31)30-28(5,6)27(3,4)24(32)33)17-29-25(34)35-16-22-20-13-9-7-11-18(20)19-12-8-10-14-21(19)22/h7-14,22H,15-17H2,1-6H3,(H,29,34)(H,30,31)(H,32,33). The highest BCUT2D eigenvalue weighted by atomic mass is 16.5. The van der Waals surface area contributed by atoms with Crippen LogP contribution in [0.2, 0.25) is 0 Å². The molecule has 1 aliphatic rings. The second kappa shape index (κ2) is 9.72. The van der Waals surface area contributed by atoms with Crippen molar-refractivity contribution in [3.05, 3.63) is 59.7 Å². The first-order valence-electron chi connectivity index (χ1n) is 11.9. The van der Waals surface area contributed by atoms with Gasteiger partial charge in [-0.3, -0.25) is 9.59 Å². The van der Waals surface area contributed by atoms with Gasteiger partial charge in [0.25, 0.3) is 0 Å². The lowest BCUT2D eigenvalue weighted by Gasteiger charge is -2.39.